The van der Waals surface area contributed by atoms with Gasteiger partial charge in [0.05, 0.1) is 19.8 Å². The first kappa shape index (κ1) is 12.8. The third kappa shape index (κ3) is 2.44. The number of carbonyl (C=O) groups is 1. The van der Waals surface area contributed by atoms with Crippen LogP contribution in [0.3, 0.4) is 0 Å². The normalized spacial score (nSPS) is 15.2. The summed E-state index contributed by atoms with van der Waals surface area (Å²) in [6, 6.07) is 1.99. The van der Waals surface area contributed by atoms with Crippen LogP contribution < -0.4 is 4.90 Å². The third-order valence-electron chi connectivity index (χ3n) is 2.57. The van der Waals surface area contributed by atoms with Gasteiger partial charge in [-0.05, 0) is 18.5 Å². The number of carbonyl (C=O) groups excluding carboxylic acids is 1. The van der Waals surface area contributed by atoms with Crippen molar-refractivity contribution in [2.75, 3.05) is 37.8 Å². The maximum absolute atomic E-state index is 11.9. The summed E-state index contributed by atoms with van der Waals surface area (Å²) in [5.74, 6) is 0.0580. The molecule has 1 saturated heterocycles. The smallest absolute Gasteiger partial charge is 0.344 e. The van der Waals surface area contributed by atoms with Crippen molar-refractivity contribution >= 4 is 23.3 Å². The van der Waals surface area contributed by atoms with Gasteiger partial charge in [0.2, 0.25) is 0 Å². The van der Waals surface area contributed by atoms with Crippen LogP contribution >= 0.6 is 11.5 Å². The Morgan fingerprint density at radius 2 is 2.33 bits per heavy atom. The predicted molar refractivity (Wildman–Crippen MR) is 65.8 cm³/mol. The van der Waals surface area contributed by atoms with Crippen LogP contribution in [0.15, 0.2) is 0 Å². The predicted octanol–water partition coefficient (Wildman–Crippen LogP) is 1.03. The molecular weight excluding hydrogens is 254 g/mol. The highest BCUT2D eigenvalue weighted by molar-refractivity contribution is 7.07. The van der Waals surface area contributed by atoms with E-state index in [1.807, 2.05) is 11.0 Å². The molecule has 6 nitrogen and oxygen atoms in total. The van der Waals surface area contributed by atoms with Crippen molar-refractivity contribution < 1.29 is 14.3 Å². The zero-order valence-electron chi connectivity index (χ0n) is 10.0. The Bertz CT molecular complexity index is 474. The summed E-state index contributed by atoms with van der Waals surface area (Å²) in [6.07, 6.45) is 0. The van der Waals surface area contributed by atoms with E-state index in [9.17, 15) is 4.79 Å². The molecule has 0 saturated carbocycles. The Morgan fingerprint density at radius 3 is 2.94 bits per heavy atom. The molecule has 0 radical (unpaired) electrons. The van der Waals surface area contributed by atoms with E-state index in [4.69, 9.17) is 14.7 Å². The number of nitrogens with zero attached hydrogens (tertiary/aromatic N) is 3. The van der Waals surface area contributed by atoms with Crippen molar-refractivity contribution in [1.29, 1.82) is 5.26 Å². The fourth-order valence-corrected chi connectivity index (χ4v) is 2.43. The van der Waals surface area contributed by atoms with Crippen LogP contribution in [0.5, 0.6) is 0 Å². The highest BCUT2D eigenvalue weighted by Crippen LogP contribution is 2.27. The van der Waals surface area contributed by atoms with Gasteiger partial charge in [-0.25, -0.2) is 4.79 Å². The molecule has 0 spiro atoms. The van der Waals surface area contributed by atoms with E-state index >= 15 is 0 Å². The topological polar surface area (TPSA) is 75.4 Å². The Balaban J connectivity index is 2.32. The van der Waals surface area contributed by atoms with E-state index in [1.54, 1.807) is 6.92 Å². The maximum atomic E-state index is 11.9. The van der Waals surface area contributed by atoms with E-state index in [0.29, 0.717) is 37.0 Å². The van der Waals surface area contributed by atoms with E-state index in [2.05, 4.69) is 4.37 Å². The minimum absolute atomic E-state index is 0.280. The fraction of sp³-hybridized carbons (Fsp3) is 0.545. The number of aromatic nitrogens is 1. The lowest BCUT2D eigenvalue weighted by Gasteiger charge is -2.27. The van der Waals surface area contributed by atoms with Crippen molar-refractivity contribution in [1.82, 2.24) is 4.37 Å². The number of anilines is 1. The summed E-state index contributed by atoms with van der Waals surface area (Å²) in [7, 11) is 0. The quantitative estimate of drug-likeness (QED) is 0.761. The summed E-state index contributed by atoms with van der Waals surface area (Å²) in [6.45, 7) is 4.55. The number of hydrogen-bond acceptors (Lipinski definition) is 7. The number of rotatable bonds is 3. The monoisotopic (exact) mass is 267 g/mol. The molecule has 7 heteroatoms. The molecule has 0 aliphatic carbocycles. The van der Waals surface area contributed by atoms with Crippen molar-refractivity contribution in [3.63, 3.8) is 0 Å². The Morgan fingerprint density at radius 1 is 1.61 bits per heavy atom. The summed E-state index contributed by atoms with van der Waals surface area (Å²) < 4.78 is 14.4. The van der Waals surface area contributed by atoms with Crippen molar-refractivity contribution in [2.45, 2.75) is 6.92 Å². The summed E-state index contributed by atoms with van der Waals surface area (Å²) in [5.41, 5.74) is 0.284. The zero-order valence-corrected chi connectivity index (χ0v) is 10.8. The molecule has 0 N–H and O–H groups in total. The van der Waals surface area contributed by atoms with Gasteiger partial charge in [0.25, 0.3) is 0 Å². The van der Waals surface area contributed by atoms with Crippen molar-refractivity contribution in [3.05, 3.63) is 10.4 Å². The molecule has 0 amide bonds. The molecule has 0 unspecified atom stereocenters. The Hall–Kier alpha value is -1.65. The molecule has 1 aliphatic heterocycles. The number of esters is 1. The molecule has 0 aromatic carbocycles. The van der Waals surface area contributed by atoms with Crippen LogP contribution in [0.1, 0.15) is 22.2 Å². The molecular formula is C11H13N3O3S. The molecule has 1 aromatic rings. The van der Waals surface area contributed by atoms with Crippen LogP contribution in [0, 0.1) is 11.3 Å². The van der Waals surface area contributed by atoms with Gasteiger partial charge in [0.1, 0.15) is 16.5 Å². The van der Waals surface area contributed by atoms with E-state index < -0.39 is 5.97 Å². The first-order chi connectivity index (χ1) is 8.77. The largest absolute Gasteiger partial charge is 0.462 e. The van der Waals surface area contributed by atoms with E-state index in [1.165, 1.54) is 0 Å². The van der Waals surface area contributed by atoms with Crippen LogP contribution in [0.2, 0.25) is 0 Å². The van der Waals surface area contributed by atoms with Gasteiger partial charge < -0.3 is 14.4 Å². The second kappa shape index (κ2) is 5.80. The minimum atomic E-state index is -0.482. The Labute approximate surface area is 109 Å². The molecule has 18 heavy (non-hydrogen) atoms. The lowest BCUT2D eigenvalue weighted by atomic mass is 10.2. The highest BCUT2D eigenvalue weighted by Gasteiger charge is 2.26. The lowest BCUT2D eigenvalue weighted by molar-refractivity contribution is 0.0526. The van der Waals surface area contributed by atoms with Crippen LogP contribution in [0.4, 0.5) is 5.82 Å². The molecule has 0 atom stereocenters. The van der Waals surface area contributed by atoms with Crippen LogP contribution in [-0.2, 0) is 9.47 Å². The lowest BCUT2D eigenvalue weighted by Crippen LogP contribution is -2.37. The van der Waals surface area contributed by atoms with Gasteiger partial charge in [-0.3, -0.25) is 0 Å². The first-order valence-electron chi connectivity index (χ1n) is 5.67. The van der Waals surface area contributed by atoms with E-state index in [0.717, 1.165) is 11.5 Å². The van der Waals surface area contributed by atoms with Gasteiger partial charge in [0.15, 0.2) is 5.82 Å². The number of ether oxygens (including phenoxy) is 2. The van der Waals surface area contributed by atoms with Crippen LogP contribution in [0.25, 0.3) is 0 Å². The van der Waals surface area contributed by atoms with Gasteiger partial charge in [-0.15, -0.1) is 0 Å². The van der Waals surface area contributed by atoms with Gasteiger partial charge in [-0.1, -0.05) is 0 Å². The number of hydrogen-bond donors (Lipinski definition) is 0. The van der Waals surface area contributed by atoms with Gasteiger partial charge in [-0.2, -0.15) is 9.64 Å². The molecule has 1 fully saturated rings. The maximum Gasteiger partial charge on any atom is 0.344 e. The van der Waals surface area contributed by atoms with Crippen molar-refractivity contribution in [3.8, 4) is 6.07 Å². The first-order valence-corrected chi connectivity index (χ1v) is 6.44. The van der Waals surface area contributed by atoms with Gasteiger partial charge in [0, 0.05) is 13.1 Å². The second-order valence-electron chi connectivity index (χ2n) is 3.64. The van der Waals surface area contributed by atoms with E-state index in [-0.39, 0.29) is 12.2 Å². The fourth-order valence-electron chi connectivity index (χ4n) is 1.74. The number of nitriles is 1. The molecule has 2 heterocycles. The molecule has 0 bridgehead atoms. The minimum Gasteiger partial charge on any atom is -0.462 e. The summed E-state index contributed by atoms with van der Waals surface area (Å²) in [4.78, 5) is 14.1. The van der Waals surface area contributed by atoms with Crippen LogP contribution in [-0.4, -0.2) is 43.3 Å². The molecule has 1 aromatic heterocycles. The summed E-state index contributed by atoms with van der Waals surface area (Å²) in [5, 5.41) is 9.02. The molecule has 96 valence electrons. The molecule has 2 rings (SSSR count). The SMILES string of the molecule is CCOC(=O)c1c(N2CCOCC2)nsc1C#N. The zero-order chi connectivity index (χ0) is 13.0. The third-order valence-corrected chi connectivity index (χ3v) is 3.31. The second-order valence-corrected chi connectivity index (χ2v) is 4.42. The summed E-state index contributed by atoms with van der Waals surface area (Å²) >= 11 is 1.03. The Kier molecular flexibility index (Phi) is 4.12. The average molecular weight is 267 g/mol. The van der Waals surface area contributed by atoms with Crippen molar-refractivity contribution in [2.24, 2.45) is 0 Å². The average Bonchev–Trinajstić information content (AvgIpc) is 2.84. The standard InChI is InChI=1S/C11H13N3O3S/c1-2-17-11(15)9-8(7-12)18-13-10(9)14-3-5-16-6-4-14/h2-6H2,1H3. The number of morpholine rings is 1. The van der Waals surface area contributed by atoms with Gasteiger partial charge >= 0.3 is 5.97 Å². The molecule has 1 aliphatic rings. The highest BCUT2D eigenvalue weighted by atomic mass is 32.1.